The molecule has 0 bridgehead atoms. The highest BCUT2D eigenvalue weighted by Gasteiger charge is 2.42. The number of alkyl halides is 1. The molecule has 21 heavy (non-hydrogen) atoms. The first-order valence-corrected chi connectivity index (χ1v) is 8.46. The zero-order chi connectivity index (χ0) is 14.4. The molecule has 1 aromatic heterocycles. The van der Waals surface area contributed by atoms with Gasteiger partial charge in [0.1, 0.15) is 5.82 Å². The second kappa shape index (κ2) is 5.29. The molecule has 1 saturated heterocycles. The topological polar surface area (TPSA) is 27.1 Å². The number of hydrogen-bond acceptors (Lipinski definition) is 2. The molecular formula is C17H21ClN2O. The standard InChI is InChI=1S/C17H21ClN2O/c1-11-2-5-14-13(10-11)19-16(6-8-18)20(14)15-7-9-21-17(15)12-3-4-12/h2,5,10,12,15,17H,3-4,6-9H2,1H3. The summed E-state index contributed by atoms with van der Waals surface area (Å²) in [4.78, 5) is 4.84. The van der Waals surface area contributed by atoms with E-state index in [0.717, 1.165) is 36.7 Å². The van der Waals surface area contributed by atoms with Gasteiger partial charge in [0.25, 0.3) is 0 Å². The second-order valence-corrected chi connectivity index (χ2v) is 6.74. The Morgan fingerprint density at radius 1 is 1.33 bits per heavy atom. The fourth-order valence-electron chi connectivity index (χ4n) is 3.64. The van der Waals surface area contributed by atoms with Gasteiger partial charge in [0, 0.05) is 18.9 Å². The molecule has 1 aliphatic carbocycles. The van der Waals surface area contributed by atoms with Crippen molar-refractivity contribution in [3.8, 4) is 0 Å². The third-order valence-electron chi connectivity index (χ3n) is 4.76. The van der Waals surface area contributed by atoms with Crippen LogP contribution in [0.3, 0.4) is 0 Å². The van der Waals surface area contributed by atoms with Crippen LogP contribution in [0, 0.1) is 12.8 Å². The summed E-state index contributed by atoms with van der Waals surface area (Å²) in [5, 5.41) is 0. The van der Waals surface area contributed by atoms with E-state index in [9.17, 15) is 0 Å². The normalized spacial score (nSPS) is 25.8. The summed E-state index contributed by atoms with van der Waals surface area (Å²) < 4.78 is 8.46. The third kappa shape index (κ3) is 2.36. The van der Waals surface area contributed by atoms with Crippen LogP contribution in [-0.4, -0.2) is 28.1 Å². The van der Waals surface area contributed by atoms with Crippen molar-refractivity contribution in [3.63, 3.8) is 0 Å². The monoisotopic (exact) mass is 304 g/mol. The lowest BCUT2D eigenvalue weighted by atomic mass is 10.1. The molecule has 1 saturated carbocycles. The zero-order valence-corrected chi connectivity index (χ0v) is 13.1. The van der Waals surface area contributed by atoms with Gasteiger partial charge in [0.15, 0.2) is 0 Å². The maximum Gasteiger partial charge on any atom is 0.111 e. The molecule has 0 radical (unpaired) electrons. The summed E-state index contributed by atoms with van der Waals surface area (Å²) in [5.41, 5.74) is 3.59. The number of hydrogen-bond donors (Lipinski definition) is 0. The van der Waals surface area contributed by atoms with Crippen LogP contribution < -0.4 is 0 Å². The fraction of sp³-hybridized carbons (Fsp3) is 0.588. The molecule has 4 rings (SSSR count). The minimum atomic E-state index is 0.373. The van der Waals surface area contributed by atoms with Crippen molar-refractivity contribution in [1.29, 1.82) is 0 Å². The number of benzene rings is 1. The third-order valence-corrected chi connectivity index (χ3v) is 4.95. The van der Waals surface area contributed by atoms with Crippen LogP contribution in [0.15, 0.2) is 18.2 Å². The number of aromatic nitrogens is 2. The van der Waals surface area contributed by atoms with Crippen molar-refractivity contribution < 1.29 is 4.74 Å². The summed E-state index contributed by atoms with van der Waals surface area (Å²) in [5.74, 6) is 2.49. The van der Waals surface area contributed by atoms with Gasteiger partial charge in [-0.25, -0.2) is 4.98 Å². The molecule has 1 aromatic carbocycles. The minimum Gasteiger partial charge on any atom is -0.376 e. The molecule has 2 atom stereocenters. The molecule has 112 valence electrons. The van der Waals surface area contributed by atoms with E-state index in [0.29, 0.717) is 18.0 Å². The van der Waals surface area contributed by atoms with Gasteiger partial charge in [-0.3, -0.25) is 0 Å². The Morgan fingerprint density at radius 2 is 2.19 bits per heavy atom. The minimum absolute atomic E-state index is 0.373. The Morgan fingerprint density at radius 3 is 2.95 bits per heavy atom. The lowest BCUT2D eigenvalue weighted by Crippen LogP contribution is -2.23. The number of aryl methyl sites for hydroxylation is 2. The Bertz CT molecular complexity index is 662. The first-order valence-electron chi connectivity index (χ1n) is 7.93. The summed E-state index contributed by atoms with van der Waals surface area (Å²) in [6.45, 7) is 2.99. The van der Waals surface area contributed by atoms with Crippen molar-refractivity contribution in [1.82, 2.24) is 9.55 Å². The van der Waals surface area contributed by atoms with Gasteiger partial charge in [0.05, 0.1) is 23.2 Å². The summed E-state index contributed by atoms with van der Waals surface area (Å²) in [7, 11) is 0. The predicted octanol–water partition coefficient (Wildman–Crippen LogP) is 3.87. The van der Waals surface area contributed by atoms with Gasteiger partial charge in [-0.15, -0.1) is 11.6 Å². The highest BCUT2D eigenvalue weighted by molar-refractivity contribution is 6.17. The largest absolute Gasteiger partial charge is 0.376 e. The smallest absolute Gasteiger partial charge is 0.111 e. The van der Waals surface area contributed by atoms with Crippen molar-refractivity contribution in [3.05, 3.63) is 29.6 Å². The van der Waals surface area contributed by atoms with Gasteiger partial charge in [-0.2, -0.15) is 0 Å². The van der Waals surface area contributed by atoms with Crippen LogP contribution in [0.2, 0.25) is 0 Å². The van der Waals surface area contributed by atoms with Crippen molar-refractivity contribution in [2.75, 3.05) is 12.5 Å². The second-order valence-electron chi connectivity index (χ2n) is 6.36. The number of fused-ring (bicyclic) bond motifs is 1. The van der Waals surface area contributed by atoms with Crippen molar-refractivity contribution in [2.24, 2.45) is 5.92 Å². The Kier molecular flexibility index (Phi) is 3.43. The molecule has 3 nitrogen and oxygen atoms in total. The van der Waals surface area contributed by atoms with Crippen LogP contribution in [-0.2, 0) is 11.2 Å². The molecule has 4 heteroatoms. The van der Waals surface area contributed by atoms with Crippen LogP contribution in [0.25, 0.3) is 11.0 Å². The van der Waals surface area contributed by atoms with Gasteiger partial charge in [-0.1, -0.05) is 6.07 Å². The number of halogens is 1. The molecule has 2 aliphatic rings. The summed E-state index contributed by atoms with van der Waals surface area (Å²) in [6.07, 6.45) is 4.92. The van der Waals surface area contributed by atoms with Crippen molar-refractivity contribution in [2.45, 2.75) is 44.8 Å². The van der Waals surface area contributed by atoms with Crippen LogP contribution in [0.5, 0.6) is 0 Å². The van der Waals surface area contributed by atoms with E-state index < -0.39 is 0 Å². The first-order chi connectivity index (χ1) is 10.3. The average Bonchev–Trinajstić information content (AvgIpc) is 3.09. The maximum atomic E-state index is 6.04. The molecule has 2 unspecified atom stereocenters. The molecule has 2 aromatic rings. The quantitative estimate of drug-likeness (QED) is 0.802. The SMILES string of the molecule is Cc1ccc2c(c1)nc(CCCl)n2C1CCOC1C1CC1. The Balaban J connectivity index is 1.82. The summed E-state index contributed by atoms with van der Waals surface area (Å²) >= 11 is 6.00. The van der Waals surface area contributed by atoms with E-state index in [1.165, 1.54) is 23.9 Å². The first kappa shape index (κ1) is 13.6. The lowest BCUT2D eigenvalue weighted by molar-refractivity contribution is 0.0753. The zero-order valence-electron chi connectivity index (χ0n) is 12.4. The van der Waals surface area contributed by atoms with E-state index >= 15 is 0 Å². The maximum absolute atomic E-state index is 6.04. The number of imidazole rings is 1. The molecular weight excluding hydrogens is 284 g/mol. The van der Waals surface area contributed by atoms with Crippen LogP contribution in [0.1, 0.15) is 36.7 Å². The van der Waals surface area contributed by atoms with E-state index in [1.54, 1.807) is 0 Å². The van der Waals surface area contributed by atoms with E-state index in [1.807, 2.05) is 0 Å². The van der Waals surface area contributed by atoms with E-state index in [-0.39, 0.29) is 0 Å². The van der Waals surface area contributed by atoms with Gasteiger partial charge in [-0.05, 0) is 49.8 Å². The van der Waals surface area contributed by atoms with Gasteiger partial charge >= 0.3 is 0 Å². The van der Waals surface area contributed by atoms with Gasteiger partial charge < -0.3 is 9.30 Å². The molecule has 2 fully saturated rings. The lowest BCUT2D eigenvalue weighted by Gasteiger charge is -2.22. The molecule has 0 spiro atoms. The average molecular weight is 305 g/mol. The molecule has 0 N–H and O–H groups in total. The van der Waals surface area contributed by atoms with Crippen LogP contribution >= 0.6 is 11.6 Å². The Hall–Kier alpha value is -1.06. The van der Waals surface area contributed by atoms with E-state index in [4.69, 9.17) is 21.3 Å². The highest BCUT2D eigenvalue weighted by Crippen LogP contribution is 2.44. The van der Waals surface area contributed by atoms with Crippen molar-refractivity contribution >= 4 is 22.6 Å². The van der Waals surface area contributed by atoms with Crippen LogP contribution in [0.4, 0.5) is 0 Å². The highest BCUT2D eigenvalue weighted by atomic mass is 35.5. The van der Waals surface area contributed by atoms with E-state index in [2.05, 4.69) is 29.7 Å². The predicted molar refractivity (Wildman–Crippen MR) is 85.0 cm³/mol. The number of ether oxygens (including phenoxy) is 1. The fourth-order valence-corrected chi connectivity index (χ4v) is 3.81. The molecule has 0 amide bonds. The Labute approximate surface area is 130 Å². The molecule has 1 aliphatic heterocycles. The summed E-state index contributed by atoms with van der Waals surface area (Å²) in [6, 6.07) is 6.99. The van der Waals surface area contributed by atoms with Gasteiger partial charge in [0.2, 0.25) is 0 Å². The number of nitrogens with zero attached hydrogens (tertiary/aromatic N) is 2. The molecule has 2 heterocycles. The number of rotatable bonds is 4.